The number of rotatable bonds is 9. The number of alkyl halides is 16. The van der Waals surface area contributed by atoms with Crippen LogP contribution >= 0.6 is 0 Å². The lowest BCUT2D eigenvalue weighted by Gasteiger charge is -2.34. The van der Waals surface area contributed by atoms with E-state index in [9.17, 15) is 70.2 Å². The van der Waals surface area contributed by atoms with Gasteiger partial charge in [-0.15, -0.1) is 0 Å². The second-order valence-corrected chi connectivity index (χ2v) is 4.16. The van der Waals surface area contributed by atoms with Crippen molar-refractivity contribution in [1.29, 1.82) is 0 Å². The standard InChI is InChI=1S/C8H2F16O3/c9-1-2(10,11)25-5(17,18)6(19,20)27-8(23,24)7(21,22)26-4(15,16)3(12,13)14/h1H2. The molecule has 0 heterocycles. The zero-order chi connectivity index (χ0) is 22.3. The maximum atomic E-state index is 12.7. The molecule has 0 fully saturated rings. The second kappa shape index (κ2) is 6.98. The minimum Gasteiger partial charge on any atom is -0.246 e. The smallest absolute Gasteiger partial charge is 0.246 e. The minimum absolute atomic E-state index is 1.34. The molecule has 27 heavy (non-hydrogen) atoms. The van der Waals surface area contributed by atoms with Crippen molar-refractivity contribution in [3.63, 3.8) is 0 Å². The largest absolute Gasteiger partial charge is 0.483 e. The number of hydrogen-bond acceptors (Lipinski definition) is 3. The molecule has 19 heteroatoms. The first kappa shape index (κ1) is 25.8. The van der Waals surface area contributed by atoms with Crippen LogP contribution < -0.4 is 0 Å². The van der Waals surface area contributed by atoms with Gasteiger partial charge >= 0.3 is 42.8 Å². The van der Waals surface area contributed by atoms with Gasteiger partial charge < -0.3 is 0 Å². The van der Waals surface area contributed by atoms with Crippen LogP contribution in [0.3, 0.4) is 0 Å². The third kappa shape index (κ3) is 5.87. The first-order valence-corrected chi connectivity index (χ1v) is 5.43. The van der Waals surface area contributed by atoms with Crippen molar-refractivity contribution in [1.82, 2.24) is 0 Å². The molecule has 0 spiro atoms. The monoisotopic (exact) mass is 450 g/mol. The van der Waals surface area contributed by atoms with Gasteiger partial charge in [-0.05, 0) is 0 Å². The summed E-state index contributed by atoms with van der Waals surface area (Å²) in [4.78, 5) is 0. The molecule has 0 radical (unpaired) electrons. The van der Waals surface area contributed by atoms with Crippen molar-refractivity contribution >= 4 is 0 Å². The second-order valence-electron chi connectivity index (χ2n) is 4.16. The third-order valence-electron chi connectivity index (χ3n) is 1.95. The predicted octanol–water partition coefficient (Wildman–Crippen LogP) is 5.12. The van der Waals surface area contributed by atoms with Crippen molar-refractivity contribution in [2.24, 2.45) is 0 Å². The lowest BCUT2D eigenvalue weighted by molar-refractivity contribution is -0.567. The molecule has 0 N–H and O–H groups in total. The summed E-state index contributed by atoms with van der Waals surface area (Å²) in [6.45, 7) is -3.26. The van der Waals surface area contributed by atoms with Crippen LogP contribution in [0.1, 0.15) is 0 Å². The summed E-state index contributed by atoms with van der Waals surface area (Å²) in [5, 5.41) is 0. The van der Waals surface area contributed by atoms with Crippen molar-refractivity contribution in [3.05, 3.63) is 0 Å². The highest BCUT2D eigenvalue weighted by Gasteiger charge is 2.76. The van der Waals surface area contributed by atoms with Crippen LogP contribution in [0.25, 0.3) is 0 Å². The van der Waals surface area contributed by atoms with Gasteiger partial charge in [-0.2, -0.15) is 65.9 Å². The summed E-state index contributed by atoms with van der Waals surface area (Å²) in [7, 11) is 0. The Kier molecular flexibility index (Phi) is 6.66. The fraction of sp³-hybridized carbons (Fsp3) is 1.00. The van der Waals surface area contributed by atoms with E-state index in [1.807, 2.05) is 0 Å². The Morgan fingerprint density at radius 2 is 0.667 bits per heavy atom. The number of hydrogen-bond donors (Lipinski definition) is 0. The van der Waals surface area contributed by atoms with Gasteiger partial charge in [0, 0.05) is 0 Å². The topological polar surface area (TPSA) is 27.7 Å². The van der Waals surface area contributed by atoms with Gasteiger partial charge in [-0.1, -0.05) is 0 Å². The fourth-order valence-electron chi connectivity index (χ4n) is 0.832. The lowest BCUT2D eigenvalue weighted by Crippen LogP contribution is -2.58. The highest BCUT2D eigenvalue weighted by atomic mass is 19.4. The van der Waals surface area contributed by atoms with Gasteiger partial charge in [0.25, 0.3) is 0 Å². The maximum Gasteiger partial charge on any atom is 0.483 e. The molecular formula is C8H2F16O3. The van der Waals surface area contributed by atoms with E-state index in [0.717, 1.165) is 0 Å². The highest BCUT2D eigenvalue weighted by Crippen LogP contribution is 2.50. The quantitative estimate of drug-likeness (QED) is 0.457. The molecule has 0 saturated heterocycles. The summed E-state index contributed by atoms with van der Waals surface area (Å²) in [5.74, 6) is 0. The first-order chi connectivity index (χ1) is 11.4. The molecular weight excluding hydrogens is 448 g/mol. The van der Waals surface area contributed by atoms with Gasteiger partial charge in [0.2, 0.25) is 0 Å². The normalized spacial score (nSPS) is 16.0. The van der Waals surface area contributed by atoms with Gasteiger partial charge in [-0.3, -0.25) is 0 Å². The first-order valence-electron chi connectivity index (χ1n) is 5.43. The van der Waals surface area contributed by atoms with Gasteiger partial charge in [-0.25, -0.2) is 18.6 Å². The van der Waals surface area contributed by atoms with Crippen molar-refractivity contribution < 1.29 is 84.5 Å². The zero-order valence-corrected chi connectivity index (χ0v) is 11.5. The molecule has 0 amide bonds. The van der Waals surface area contributed by atoms with E-state index in [1.165, 1.54) is 9.47 Å². The molecule has 0 aromatic rings. The molecule has 0 aliphatic carbocycles. The van der Waals surface area contributed by atoms with Gasteiger partial charge in [0.1, 0.15) is 0 Å². The van der Waals surface area contributed by atoms with E-state index >= 15 is 0 Å². The van der Waals surface area contributed by atoms with E-state index in [0.29, 0.717) is 0 Å². The molecule has 164 valence electrons. The van der Waals surface area contributed by atoms with Crippen LogP contribution in [0.4, 0.5) is 70.2 Å². The Bertz CT molecular complexity index is 510. The van der Waals surface area contributed by atoms with Crippen molar-refractivity contribution in [2.45, 2.75) is 42.8 Å². The summed E-state index contributed by atoms with van der Waals surface area (Å²) >= 11 is 0. The van der Waals surface area contributed by atoms with E-state index in [1.54, 1.807) is 4.74 Å². The molecule has 0 saturated carbocycles. The maximum absolute atomic E-state index is 12.7. The average molecular weight is 450 g/mol. The van der Waals surface area contributed by atoms with E-state index in [4.69, 9.17) is 0 Å². The highest BCUT2D eigenvalue weighted by molar-refractivity contribution is 4.78. The molecule has 0 bridgehead atoms. The van der Waals surface area contributed by atoms with E-state index in [2.05, 4.69) is 0 Å². The fourth-order valence-corrected chi connectivity index (χ4v) is 0.832. The minimum atomic E-state index is -7.40. The Hall–Kier alpha value is -1.24. The van der Waals surface area contributed by atoms with Crippen molar-refractivity contribution in [3.8, 4) is 0 Å². The van der Waals surface area contributed by atoms with Crippen LogP contribution in [0.5, 0.6) is 0 Å². The molecule has 0 aromatic heterocycles. The SMILES string of the molecule is FCC(F)(F)OC(F)(F)C(F)(F)OC(F)(F)C(F)(F)OC(F)(F)C(F)(F)F. The lowest BCUT2D eigenvalue weighted by atomic mass is 10.5. The zero-order valence-electron chi connectivity index (χ0n) is 11.5. The summed E-state index contributed by atoms with van der Waals surface area (Å²) in [6.07, 6.45) is -49.0. The molecule has 0 aromatic carbocycles. The summed E-state index contributed by atoms with van der Waals surface area (Å²) in [5.41, 5.74) is 0. The Morgan fingerprint density at radius 3 is 0.926 bits per heavy atom. The van der Waals surface area contributed by atoms with Gasteiger partial charge in [0.05, 0.1) is 0 Å². The summed E-state index contributed by atoms with van der Waals surface area (Å²) < 4.78 is 201. The Labute approximate surface area is 135 Å². The predicted molar refractivity (Wildman–Crippen MR) is 45.0 cm³/mol. The summed E-state index contributed by atoms with van der Waals surface area (Å²) in [6, 6.07) is 0. The van der Waals surface area contributed by atoms with Gasteiger partial charge in [0.15, 0.2) is 6.67 Å². The third-order valence-corrected chi connectivity index (χ3v) is 1.95. The average Bonchev–Trinajstić information content (AvgIpc) is 2.33. The molecule has 0 rings (SSSR count). The Morgan fingerprint density at radius 1 is 0.407 bits per heavy atom. The van der Waals surface area contributed by atoms with Crippen LogP contribution in [0.2, 0.25) is 0 Å². The van der Waals surface area contributed by atoms with E-state index < -0.39 is 49.5 Å². The van der Waals surface area contributed by atoms with Crippen LogP contribution in [0.15, 0.2) is 0 Å². The molecule has 0 atom stereocenters. The molecule has 0 unspecified atom stereocenters. The van der Waals surface area contributed by atoms with E-state index in [-0.39, 0.29) is 0 Å². The number of ether oxygens (including phenoxy) is 3. The van der Waals surface area contributed by atoms with Crippen LogP contribution in [-0.2, 0) is 14.2 Å². The molecule has 0 aliphatic rings. The van der Waals surface area contributed by atoms with Crippen molar-refractivity contribution in [2.75, 3.05) is 6.67 Å². The van der Waals surface area contributed by atoms with Crippen LogP contribution in [0, 0.1) is 0 Å². The molecule has 3 nitrogen and oxygen atoms in total. The molecule has 0 aliphatic heterocycles. The van der Waals surface area contributed by atoms with Crippen LogP contribution in [-0.4, -0.2) is 49.5 Å². The number of halogens is 16. The Balaban J connectivity index is 5.64.